The summed E-state index contributed by atoms with van der Waals surface area (Å²) < 4.78 is 6.01. The first-order chi connectivity index (χ1) is 18.6. The predicted molar refractivity (Wildman–Crippen MR) is 160 cm³/mol. The molecule has 0 saturated heterocycles. The van der Waals surface area contributed by atoms with Gasteiger partial charge in [0.2, 0.25) is 0 Å². The number of hydrogen-bond acceptors (Lipinski definition) is 4. The summed E-state index contributed by atoms with van der Waals surface area (Å²) in [6.45, 7) is 12.5. The highest BCUT2D eigenvalue weighted by Crippen LogP contribution is 2.67. The third-order valence-corrected chi connectivity index (χ3v) is 12.0. The van der Waals surface area contributed by atoms with Gasteiger partial charge in [0.1, 0.15) is 11.9 Å². The van der Waals surface area contributed by atoms with Gasteiger partial charge in [-0.25, -0.2) is 4.98 Å². The minimum Gasteiger partial charge on any atom is -0.462 e. The average Bonchev–Trinajstić information content (AvgIpc) is 3.25. The van der Waals surface area contributed by atoms with Crippen LogP contribution in [0.2, 0.25) is 0 Å². The van der Waals surface area contributed by atoms with E-state index in [1.807, 2.05) is 6.07 Å². The van der Waals surface area contributed by atoms with Gasteiger partial charge in [-0.2, -0.15) is 0 Å². The topological polar surface area (TPSA) is 65.2 Å². The van der Waals surface area contributed by atoms with Crippen LogP contribution in [0.15, 0.2) is 30.0 Å². The molecule has 3 saturated carbocycles. The summed E-state index contributed by atoms with van der Waals surface area (Å²) in [4.78, 5) is 16.8. The molecule has 39 heavy (non-hydrogen) atoms. The second kappa shape index (κ2) is 11.6. The van der Waals surface area contributed by atoms with Crippen molar-refractivity contribution in [2.24, 2.45) is 46.3 Å². The van der Waals surface area contributed by atoms with Crippen molar-refractivity contribution >= 4 is 11.8 Å². The molecule has 2 N–H and O–H groups in total. The Morgan fingerprint density at radius 3 is 2.64 bits per heavy atom. The molecule has 8 atom stereocenters. The maximum atomic E-state index is 12.7. The van der Waals surface area contributed by atoms with Crippen molar-refractivity contribution in [1.29, 1.82) is 0 Å². The number of carbonyl (C=O) groups excluding carboxylic acids is 1. The highest BCUT2D eigenvalue weighted by atomic mass is 16.5. The summed E-state index contributed by atoms with van der Waals surface area (Å²) in [7, 11) is 0. The molecular weight excluding hydrogens is 480 g/mol. The molecule has 0 amide bonds. The monoisotopic (exact) mass is 534 g/mol. The third-order valence-electron chi connectivity index (χ3n) is 12.0. The Balaban J connectivity index is 1.18. The summed E-state index contributed by atoms with van der Waals surface area (Å²) in [5, 5.41) is 0. The Bertz CT molecular complexity index is 1030. The van der Waals surface area contributed by atoms with Crippen LogP contribution in [0.1, 0.15) is 117 Å². The van der Waals surface area contributed by atoms with E-state index < -0.39 is 0 Å². The Labute approximate surface area is 238 Å². The molecule has 4 nitrogen and oxygen atoms in total. The highest BCUT2D eigenvalue weighted by Gasteiger charge is 2.59. The second-order valence-electron chi connectivity index (χ2n) is 14.7. The number of rotatable bonds is 9. The molecule has 1 aromatic heterocycles. The average molecular weight is 535 g/mol. The van der Waals surface area contributed by atoms with Crippen LogP contribution in [0.5, 0.6) is 0 Å². The van der Waals surface area contributed by atoms with Crippen molar-refractivity contribution in [3.63, 3.8) is 0 Å². The summed E-state index contributed by atoms with van der Waals surface area (Å²) in [5.41, 5.74) is 9.13. The van der Waals surface area contributed by atoms with Gasteiger partial charge < -0.3 is 10.5 Å². The molecule has 3 fully saturated rings. The zero-order valence-electron chi connectivity index (χ0n) is 25.4. The largest absolute Gasteiger partial charge is 0.462 e. The number of pyridine rings is 1. The maximum absolute atomic E-state index is 12.7. The van der Waals surface area contributed by atoms with Crippen LogP contribution in [-0.2, 0) is 16.0 Å². The summed E-state index contributed by atoms with van der Waals surface area (Å²) in [5.74, 6) is 5.57. The van der Waals surface area contributed by atoms with Gasteiger partial charge in [-0.15, -0.1) is 0 Å². The van der Waals surface area contributed by atoms with E-state index in [0.717, 1.165) is 60.3 Å². The van der Waals surface area contributed by atoms with Gasteiger partial charge in [-0.1, -0.05) is 71.6 Å². The van der Waals surface area contributed by atoms with Gasteiger partial charge in [0.25, 0.3) is 0 Å². The van der Waals surface area contributed by atoms with Crippen molar-refractivity contribution < 1.29 is 9.53 Å². The number of hydrogen-bond donors (Lipinski definition) is 1. The lowest BCUT2D eigenvalue weighted by molar-refractivity contribution is -0.151. The van der Waals surface area contributed by atoms with E-state index in [1.54, 1.807) is 17.8 Å². The van der Waals surface area contributed by atoms with Crippen LogP contribution in [0.4, 0.5) is 5.82 Å². The van der Waals surface area contributed by atoms with Crippen molar-refractivity contribution in [3.05, 3.63) is 35.5 Å². The van der Waals surface area contributed by atoms with Crippen LogP contribution in [0.3, 0.4) is 0 Å². The number of aryl methyl sites for hydroxylation is 1. The Kier molecular flexibility index (Phi) is 8.51. The van der Waals surface area contributed by atoms with Gasteiger partial charge >= 0.3 is 5.97 Å². The van der Waals surface area contributed by atoms with E-state index in [0.29, 0.717) is 29.5 Å². The Morgan fingerprint density at radius 1 is 1.08 bits per heavy atom. The number of nitrogen functional groups attached to an aromatic ring is 1. The predicted octanol–water partition coefficient (Wildman–Crippen LogP) is 8.55. The van der Waals surface area contributed by atoms with E-state index in [1.165, 1.54) is 51.4 Å². The fraction of sp³-hybridized carbons (Fsp3) is 0.771. The Hall–Kier alpha value is -1.84. The normalized spacial score (nSPS) is 36.5. The Morgan fingerprint density at radius 2 is 1.90 bits per heavy atom. The first kappa shape index (κ1) is 28.7. The van der Waals surface area contributed by atoms with Crippen molar-refractivity contribution in [2.45, 2.75) is 124 Å². The maximum Gasteiger partial charge on any atom is 0.306 e. The molecule has 0 radical (unpaired) electrons. The molecule has 4 heteroatoms. The molecule has 4 aliphatic rings. The number of fused-ring (bicyclic) bond motifs is 5. The van der Waals surface area contributed by atoms with Crippen LogP contribution in [0, 0.1) is 46.3 Å². The van der Waals surface area contributed by atoms with Crippen LogP contribution in [0.25, 0.3) is 0 Å². The van der Waals surface area contributed by atoms with Crippen molar-refractivity contribution in [1.82, 2.24) is 4.98 Å². The quantitative estimate of drug-likeness (QED) is 0.255. The van der Waals surface area contributed by atoms with Crippen LogP contribution < -0.4 is 5.73 Å². The summed E-state index contributed by atoms with van der Waals surface area (Å²) in [6.07, 6.45) is 19.7. The van der Waals surface area contributed by atoms with E-state index in [-0.39, 0.29) is 12.1 Å². The number of aromatic nitrogens is 1. The zero-order chi connectivity index (χ0) is 27.8. The number of anilines is 1. The van der Waals surface area contributed by atoms with E-state index in [9.17, 15) is 4.79 Å². The molecule has 216 valence electrons. The fourth-order valence-corrected chi connectivity index (χ4v) is 9.83. The standard InChI is InChI=1S/C35H54N2O2/c1-23(2)7-6-8-24(3)29-13-14-30-28-12-11-26-21-27(17-19-34(26,4)31(28)18-20-35(29,30)5)39-33(38)16-10-25-9-15-32(36)37-22-25/h9,11,15,22-24,27-31H,6-8,10,12-14,16-21H2,1-5H3,(H2,36,37)/t24?,27-,28-,29+,30-,31-,34-,35+/m0/s1. The number of esters is 1. The molecule has 0 aromatic carbocycles. The lowest BCUT2D eigenvalue weighted by Crippen LogP contribution is -2.51. The van der Waals surface area contributed by atoms with Crippen molar-refractivity contribution in [3.8, 4) is 0 Å². The molecular formula is C35H54N2O2. The number of nitrogens with two attached hydrogens (primary N) is 1. The molecule has 0 aliphatic heterocycles. The van der Waals surface area contributed by atoms with E-state index in [4.69, 9.17) is 10.5 Å². The summed E-state index contributed by atoms with van der Waals surface area (Å²) in [6, 6.07) is 3.74. The molecule has 0 spiro atoms. The molecule has 1 aromatic rings. The van der Waals surface area contributed by atoms with Gasteiger partial charge in [0.05, 0.1) is 0 Å². The minimum atomic E-state index is -0.0809. The number of allylic oxidation sites excluding steroid dienone is 1. The van der Waals surface area contributed by atoms with E-state index in [2.05, 4.69) is 45.7 Å². The third kappa shape index (κ3) is 5.82. The lowest BCUT2D eigenvalue weighted by atomic mass is 9.47. The lowest BCUT2D eigenvalue weighted by Gasteiger charge is -2.58. The SMILES string of the molecule is CC(C)CCCC(C)[C@H]1CC[C@H]2[C@@H]3CC=C4C[C@@H](OC(=O)CCc5ccc(N)nc5)CC[C@]4(C)[C@H]3CC[C@]12C. The molecule has 5 rings (SSSR count). The van der Waals surface area contributed by atoms with Gasteiger partial charge in [-0.3, -0.25) is 4.79 Å². The van der Waals surface area contributed by atoms with Gasteiger partial charge in [-0.05, 0) is 109 Å². The van der Waals surface area contributed by atoms with Gasteiger partial charge in [0, 0.05) is 19.0 Å². The minimum absolute atomic E-state index is 0.0364. The second-order valence-corrected chi connectivity index (χ2v) is 14.7. The van der Waals surface area contributed by atoms with Crippen LogP contribution >= 0.6 is 0 Å². The van der Waals surface area contributed by atoms with Crippen molar-refractivity contribution in [2.75, 3.05) is 5.73 Å². The number of nitrogens with zero attached hydrogens (tertiary/aromatic N) is 1. The fourth-order valence-electron chi connectivity index (χ4n) is 9.83. The smallest absolute Gasteiger partial charge is 0.306 e. The molecule has 1 unspecified atom stereocenters. The first-order valence-electron chi connectivity index (χ1n) is 16.2. The first-order valence-corrected chi connectivity index (χ1v) is 16.2. The van der Waals surface area contributed by atoms with Gasteiger partial charge in [0.15, 0.2) is 0 Å². The molecule has 1 heterocycles. The summed E-state index contributed by atoms with van der Waals surface area (Å²) >= 11 is 0. The highest BCUT2D eigenvalue weighted by molar-refractivity contribution is 5.70. The number of ether oxygens (including phenoxy) is 1. The molecule has 0 bridgehead atoms. The molecule has 4 aliphatic carbocycles. The van der Waals surface area contributed by atoms with E-state index >= 15 is 0 Å². The zero-order valence-corrected chi connectivity index (χ0v) is 25.4. The van der Waals surface area contributed by atoms with Crippen LogP contribution in [-0.4, -0.2) is 17.1 Å². The number of carbonyl (C=O) groups is 1.